The van der Waals surface area contributed by atoms with Crippen molar-refractivity contribution in [2.24, 2.45) is 0 Å². The van der Waals surface area contributed by atoms with E-state index in [1.165, 1.54) is 16.7 Å². The molecule has 0 aliphatic rings. The van der Waals surface area contributed by atoms with Crippen molar-refractivity contribution in [3.8, 4) is 11.4 Å². The van der Waals surface area contributed by atoms with Gasteiger partial charge in [0.1, 0.15) is 11.6 Å². The molecule has 0 fully saturated rings. The van der Waals surface area contributed by atoms with Crippen LogP contribution in [0.25, 0.3) is 17.0 Å². The van der Waals surface area contributed by atoms with Crippen LogP contribution in [0.3, 0.4) is 0 Å². The molecule has 0 aliphatic carbocycles. The number of aromatic nitrogens is 3. The van der Waals surface area contributed by atoms with Gasteiger partial charge in [-0.3, -0.25) is 4.40 Å². The summed E-state index contributed by atoms with van der Waals surface area (Å²) in [4.78, 5) is 0. The summed E-state index contributed by atoms with van der Waals surface area (Å²) >= 11 is 0. The molecule has 0 saturated carbocycles. The fourth-order valence-corrected chi connectivity index (χ4v) is 1.81. The van der Waals surface area contributed by atoms with E-state index >= 15 is 0 Å². The van der Waals surface area contributed by atoms with Gasteiger partial charge >= 0.3 is 0 Å². The standard InChI is InChI=1S/C12H8F2N4/c13-7-5-10(15)12-17-16-11(18(12)6-7)8-3-1-2-4-9(8)14/h1-6H,15H2. The summed E-state index contributed by atoms with van der Waals surface area (Å²) in [5.41, 5.74) is 6.33. The summed E-state index contributed by atoms with van der Waals surface area (Å²) in [6, 6.07) is 7.24. The van der Waals surface area contributed by atoms with Crippen LogP contribution >= 0.6 is 0 Å². The van der Waals surface area contributed by atoms with Crippen LogP contribution < -0.4 is 5.73 Å². The molecule has 0 atom stereocenters. The van der Waals surface area contributed by atoms with E-state index in [2.05, 4.69) is 10.2 Å². The third kappa shape index (κ3) is 1.50. The molecule has 0 aliphatic heterocycles. The van der Waals surface area contributed by atoms with Crippen LogP contribution in [0.15, 0.2) is 36.5 Å². The summed E-state index contributed by atoms with van der Waals surface area (Å²) in [6.07, 6.45) is 1.17. The second-order valence-corrected chi connectivity index (χ2v) is 3.81. The first-order valence-electron chi connectivity index (χ1n) is 5.21. The van der Waals surface area contributed by atoms with E-state index in [1.807, 2.05) is 0 Å². The highest BCUT2D eigenvalue weighted by Crippen LogP contribution is 2.23. The average Bonchev–Trinajstić information content (AvgIpc) is 2.73. The van der Waals surface area contributed by atoms with Crippen LogP contribution in [0.2, 0.25) is 0 Å². The topological polar surface area (TPSA) is 56.2 Å². The Kier molecular flexibility index (Phi) is 2.22. The Hall–Kier alpha value is -2.50. The van der Waals surface area contributed by atoms with Gasteiger partial charge in [-0.15, -0.1) is 10.2 Å². The van der Waals surface area contributed by atoms with Crippen LogP contribution in [-0.2, 0) is 0 Å². The number of halogens is 2. The van der Waals surface area contributed by atoms with E-state index in [-0.39, 0.29) is 17.1 Å². The number of benzene rings is 1. The fraction of sp³-hybridized carbons (Fsp3) is 0. The third-order valence-electron chi connectivity index (χ3n) is 2.61. The molecule has 1 aromatic carbocycles. The van der Waals surface area contributed by atoms with Gasteiger partial charge in [0, 0.05) is 12.3 Å². The minimum absolute atomic E-state index is 0.157. The minimum atomic E-state index is -0.530. The zero-order chi connectivity index (χ0) is 12.7. The summed E-state index contributed by atoms with van der Waals surface area (Å²) in [6.45, 7) is 0. The maximum Gasteiger partial charge on any atom is 0.184 e. The molecule has 0 bridgehead atoms. The lowest BCUT2D eigenvalue weighted by Crippen LogP contribution is -1.97. The summed E-state index contributed by atoms with van der Waals surface area (Å²) in [7, 11) is 0. The largest absolute Gasteiger partial charge is 0.396 e. The normalized spacial score (nSPS) is 11.0. The predicted molar refractivity (Wildman–Crippen MR) is 62.8 cm³/mol. The van der Waals surface area contributed by atoms with Gasteiger partial charge in [-0.1, -0.05) is 12.1 Å². The van der Waals surface area contributed by atoms with Gasteiger partial charge in [0.2, 0.25) is 0 Å². The Balaban J connectivity index is 2.34. The maximum atomic E-state index is 13.7. The number of nitrogen functional groups attached to an aromatic ring is 1. The van der Waals surface area contributed by atoms with Crippen LogP contribution in [0, 0.1) is 11.6 Å². The molecule has 0 saturated heterocycles. The maximum absolute atomic E-state index is 13.7. The van der Waals surface area contributed by atoms with Gasteiger partial charge in [0.05, 0.1) is 11.3 Å². The Morgan fingerprint density at radius 2 is 1.89 bits per heavy atom. The van der Waals surface area contributed by atoms with Crippen molar-refractivity contribution in [1.82, 2.24) is 14.6 Å². The molecule has 18 heavy (non-hydrogen) atoms. The molecule has 3 rings (SSSR count). The van der Waals surface area contributed by atoms with Crippen molar-refractivity contribution in [2.45, 2.75) is 0 Å². The molecule has 2 aromatic heterocycles. The number of anilines is 1. The van der Waals surface area contributed by atoms with E-state index in [1.54, 1.807) is 18.2 Å². The smallest absolute Gasteiger partial charge is 0.184 e. The van der Waals surface area contributed by atoms with Crippen molar-refractivity contribution >= 4 is 11.3 Å². The number of rotatable bonds is 1. The lowest BCUT2D eigenvalue weighted by atomic mass is 10.2. The molecule has 90 valence electrons. The van der Waals surface area contributed by atoms with Gasteiger partial charge in [-0.25, -0.2) is 8.78 Å². The predicted octanol–water partition coefficient (Wildman–Crippen LogP) is 2.26. The highest BCUT2D eigenvalue weighted by molar-refractivity contribution is 5.69. The number of nitrogens with two attached hydrogens (primary N) is 1. The van der Waals surface area contributed by atoms with E-state index in [9.17, 15) is 8.78 Å². The zero-order valence-electron chi connectivity index (χ0n) is 9.14. The Morgan fingerprint density at radius 1 is 1.11 bits per heavy atom. The van der Waals surface area contributed by atoms with Gasteiger partial charge in [-0.2, -0.15) is 0 Å². The average molecular weight is 246 g/mol. The first kappa shape index (κ1) is 10.6. The molecule has 0 radical (unpaired) electrons. The molecule has 0 amide bonds. The van der Waals surface area contributed by atoms with E-state index in [0.29, 0.717) is 5.65 Å². The third-order valence-corrected chi connectivity index (χ3v) is 2.61. The van der Waals surface area contributed by atoms with Crippen molar-refractivity contribution in [1.29, 1.82) is 0 Å². The second-order valence-electron chi connectivity index (χ2n) is 3.81. The van der Waals surface area contributed by atoms with Gasteiger partial charge < -0.3 is 5.73 Å². The molecule has 4 nitrogen and oxygen atoms in total. The number of fused-ring (bicyclic) bond motifs is 1. The zero-order valence-corrected chi connectivity index (χ0v) is 9.14. The van der Waals surface area contributed by atoms with Crippen LogP contribution in [0.5, 0.6) is 0 Å². The van der Waals surface area contributed by atoms with E-state index < -0.39 is 11.6 Å². The van der Waals surface area contributed by atoms with Crippen molar-refractivity contribution in [3.05, 3.63) is 48.2 Å². The first-order valence-corrected chi connectivity index (χ1v) is 5.21. The first-order chi connectivity index (χ1) is 8.66. The summed E-state index contributed by atoms with van der Waals surface area (Å²) in [5.74, 6) is -0.763. The molecular formula is C12H8F2N4. The van der Waals surface area contributed by atoms with Crippen LogP contribution in [-0.4, -0.2) is 14.6 Å². The number of pyridine rings is 1. The molecular weight excluding hydrogens is 238 g/mol. The summed E-state index contributed by atoms with van der Waals surface area (Å²) in [5, 5.41) is 7.69. The van der Waals surface area contributed by atoms with Crippen LogP contribution in [0.1, 0.15) is 0 Å². The van der Waals surface area contributed by atoms with Gasteiger partial charge in [-0.05, 0) is 12.1 Å². The lowest BCUT2D eigenvalue weighted by Gasteiger charge is -2.02. The highest BCUT2D eigenvalue weighted by Gasteiger charge is 2.14. The Morgan fingerprint density at radius 3 is 2.67 bits per heavy atom. The van der Waals surface area contributed by atoms with Crippen molar-refractivity contribution < 1.29 is 8.78 Å². The van der Waals surface area contributed by atoms with Gasteiger partial charge in [0.25, 0.3) is 0 Å². The Labute approximate surface area is 101 Å². The fourth-order valence-electron chi connectivity index (χ4n) is 1.81. The molecule has 6 heteroatoms. The Bertz CT molecular complexity index is 736. The molecule has 0 unspecified atom stereocenters. The van der Waals surface area contributed by atoms with Crippen molar-refractivity contribution in [2.75, 3.05) is 5.73 Å². The molecule has 3 aromatic rings. The quantitative estimate of drug-likeness (QED) is 0.716. The molecule has 0 spiro atoms. The molecule has 2 heterocycles. The SMILES string of the molecule is Nc1cc(F)cn2c(-c3ccccc3F)nnc12. The monoisotopic (exact) mass is 246 g/mol. The van der Waals surface area contributed by atoms with Gasteiger partial charge in [0.15, 0.2) is 11.5 Å². The second kappa shape index (κ2) is 3.76. The highest BCUT2D eigenvalue weighted by atomic mass is 19.1. The number of hydrogen-bond acceptors (Lipinski definition) is 3. The van der Waals surface area contributed by atoms with E-state index in [0.717, 1.165) is 6.07 Å². The number of nitrogens with zero attached hydrogens (tertiary/aromatic N) is 3. The van der Waals surface area contributed by atoms with Crippen LogP contribution in [0.4, 0.5) is 14.5 Å². The minimum Gasteiger partial charge on any atom is -0.396 e. The van der Waals surface area contributed by atoms with E-state index in [4.69, 9.17) is 5.73 Å². The summed E-state index contributed by atoms with van der Waals surface area (Å²) < 4.78 is 28.3. The molecule has 2 N–H and O–H groups in total. The van der Waals surface area contributed by atoms with Crippen molar-refractivity contribution in [3.63, 3.8) is 0 Å². The lowest BCUT2D eigenvalue weighted by molar-refractivity contribution is 0.618. The number of hydrogen-bond donors (Lipinski definition) is 1.